The lowest BCUT2D eigenvalue weighted by molar-refractivity contribution is 0.159. The molecule has 0 unspecified atom stereocenters. The average molecular weight is 210 g/mol. The number of hydrogen-bond acceptors (Lipinski definition) is 3. The monoisotopic (exact) mass is 210 g/mol. The van der Waals surface area contributed by atoms with Crippen LogP contribution in [0.5, 0.6) is 0 Å². The molecule has 4 nitrogen and oxygen atoms in total. The van der Waals surface area contributed by atoms with Gasteiger partial charge >= 0.3 is 0 Å². The first kappa shape index (κ1) is 9.92. The van der Waals surface area contributed by atoms with E-state index < -0.39 is 5.82 Å². The summed E-state index contributed by atoms with van der Waals surface area (Å²) in [6.07, 6.45) is 3.49. The Hall–Kier alpha value is -1.62. The molecular weight excluding hydrogens is 199 g/mol. The van der Waals surface area contributed by atoms with Crippen LogP contribution in [0.3, 0.4) is 0 Å². The lowest BCUT2D eigenvalue weighted by atomic mass is 10.2. The largest absolute Gasteiger partial charge is 0.394 e. The van der Waals surface area contributed by atoms with Crippen LogP contribution >= 0.6 is 0 Å². The first-order valence-electron chi connectivity index (χ1n) is 4.63. The maximum Gasteiger partial charge on any atom is 0.278 e. The summed E-state index contributed by atoms with van der Waals surface area (Å²) in [5.41, 5.74) is 5.66. The highest BCUT2D eigenvalue weighted by atomic mass is 19.1. The third kappa shape index (κ3) is 1.92. The molecule has 2 N–H and O–H groups in total. The van der Waals surface area contributed by atoms with E-state index in [1.54, 1.807) is 6.08 Å². The summed E-state index contributed by atoms with van der Waals surface area (Å²) in [7, 11) is 0. The molecule has 0 amide bonds. The minimum absolute atomic E-state index is 0.0811. The minimum atomic E-state index is -0.514. The lowest BCUT2D eigenvalue weighted by Crippen LogP contribution is -2.24. The van der Waals surface area contributed by atoms with Gasteiger partial charge in [0.2, 0.25) is 0 Å². The van der Waals surface area contributed by atoms with Gasteiger partial charge in [0.25, 0.3) is 5.56 Å². The number of nitrogens with zero attached hydrogens (tertiary/aromatic N) is 1. The molecule has 1 aliphatic heterocycles. The molecule has 0 aliphatic carbocycles. The Labute approximate surface area is 85.8 Å². The van der Waals surface area contributed by atoms with Crippen molar-refractivity contribution in [2.24, 2.45) is 0 Å². The highest BCUT2D eigenvalue weighted by Gasteiger charge is 2.10. The number of pyridine rings is 1. The van der Waals surface area contributed by atoms with Crippen molar-refractivity contribution in [1.29, 1.82) is 0 Å². The third-order valence-electron chi connectivity index (χ3n) is 2.26. The molecule has 5 heteroatoms. The lowest BCUT2D eigenvalue weighted by Gasteiger charge is -2.15. The van der Waals surface area contributed by atoms with Crippen LogP contribution in [0.25, 0.3) is 5.70 Å². The predicted octanol–water partition coefficient (Wildman–Crippen LogP) is 0.831. The van der Waals surface area contributed by atoms with Gasteiger partial charge in [-0.2, -0.15) is 0 Å². The Morgan fingerprint density at radius 3 is 3.00 bits per heavy atom. The van der Waals surface area contributed by atoms with E-state index in [4.69, 9.17) is 10.5 Å². The summed E-state index contributed by atoms with van der Waals surface area (Å²) >= 11 is 0. The Kier molecular flexibility index (Phi) is 2.55. The van der Waals surface area contributed by atoms with E-state index in [2.05, 4.69) is 0 Å². The third-order valence-corrected chi connectivity index (χ3v) is 2.26. The van der Waals surface area contributed by atoms with Gasteiger partial charge in [-0.1, -0.05) is 0 Å². The zero-order chi connectivity index (χ0) is 10.8. The fourth-order valence-corrected chi connectivity index (χ4v) is 1.52. The van der Waals surface area contributed by atoms with Crippen molar-refractivity contribution in [3.05, 3.63) is 34.5 Å². The summed E-state index contributed by atoms with van der Waals surface area (Å²) in [5, 5.41) is 0. The molecule has 2 rings (SSSR count). The van der Waals surface area contributed by atoms with E-state index in [9.17, 15) is 9.18 Å². The van der Waals surface area contributed by atoms with E-state index in [0.717, 1.165) is 18.0 Å². The van der Waals surface area contributed by atoms with Gasteiger partial charge in [0.05, 0.1) is 13.2 Å². The normalized spacial score (nSPS) is 16.2. The number of ether oxygens (including phenoxy) is 1. The molecule has 1 aromatic rings. The maximum atomic E-state index is 13.1. The van der Waals surface area contributed by atoms with Crippen LogP contribution < -0.4 is 11.3 Å². The molecule has 0 atom stereocenters. The number of rotatable bonds is 1. The van der Waals surface area contributed by atoms with Crippen molar-refractivity contribution in [3.8, 4) is 0 Å². The quantitative estimate of drug-likeness (QED) is 0.747. The molecule has 0 fully saturated rings. The number of aromatic nitrogens is 1. The molecule has 0 saturated carbocycles. The van der Waals surface area contributed by atoms with Gasteiger partial charge in [-0.15, -0.1) is 0 Å². The van der Waals surface area contributed by atoms with Crippen molar-refractivity contribution >= 4 is 11.4 Å². The SMILES string of the molecule is Nc1cc(F)cn(C2=CCOCC2)c1=O. The molecule has 0 saturated heterocycles. The standard InChI is InChI=1S/C10H11FN2O2/c11-7-5-9(12)10(14)13(6-7)8-1-3-15-4-2-8/h1,5-6H,2-4,12H2. The smallest absolute Gasteiger partial charge is 0.278 e. The molecule has 2 heterocycles. The van der Waals surface area contributed by atoms with Crippen LogP contribution in [0.4, 0.5) is 10.1 Å². The van der Waals surface area contributed by atoms with E-state index in [0.29, 0.717) is 19.6 Å². The number of hydrogen-bond donors (Lipinski definition) is 1. The zero-order valence-corrected chi connectivity index (χ0v) is 8.07. The zero-order valence-electron chi connectivity index (χ0n) is 8.07. The molecule has 0 radical (unpaired) electrons. The van der Waals surface area contributed by atoms with Gasteiger partial charge in [0, 0.05) is 24.4 Å². The van der Waals surface area contributed by atoms with Crippen LogP contribution in [0.15, 0.2) is 23.1 Å². The summed E-state index contributed by atoms with van der Waals surface area (Å²) < 4.78 is 19.4. The fourth-order valence-electron chi connectivity index (χ4n) is 1.52. The van der Waals surface area contributed by atoms with E-state index >= 15 is 0 Å². The van der Waals surface area contributed by atoms with Gasteiger partial charge in [-0.3, -0.25) is 9.36 Å². The van der Waals surface area contributed by atoms with Gasteiger partial charge < -0.3 is 10.5 Å². The Morgan fingerprint density at radius 1 is 1.53 bits per heavy atom. The van der Waals surface area contributed by atoms with Crippen LogP contribution in [0.2, 0.25) is 0 Å². The van der Waals surface area contributed by atoms with E-state index in [1.807, 2.05) is 0 Å². The molecule has 15 heavy (non-hydrogen) atoms. The summed E-state index contributed by atoms with van der Waals surface area (Å²) in [5.74, 6) is -0.514. The van der Waals surface area contributed by atoms with Crippen molar-refractivity contribution in [2.45, 2.75) is 6.42 Å². The van der Waals surface area contributed by atoms with E-state index in [1.165, 1.54) is 4.57 Å². The first-order valence-corrected chi connectivity index (χ1v) is 4.63. The van der Waals surface area contributed by atoms with Crippen LogP contribution in [0.1, 0.15) is 6.42 Å². The van der Waals surface area contributed by atoms with Crippen molar-refractivity contribution < 1.29 is 9.13 Å². The van der Waals surface area contributed by atoms with Gasteiger partial charge in [-0.05, 0) is 6.08 Å². The number of nitrogen functional groups attached to an aromatic ring is 1. The summed E-state index contributed by atoms with van der Waals surface area (Å²) in [6.45, 7) is 0.979. The fraction of sp³-hybridized carbons (Fsp3) is 0.300. The molecule has 1 aliphatic rings. The second kappa shape index (κ2) is 3.86. The molecule has 0 aromatic carbocycles. The van der Waals surface area contributed by atoms with Gasteiger partial charge in [0.1, 0.15) is 11.5 Å². The second-order valence-corrected chi connectivity index (χ2v) is 3.31. The Bertz CT molecular complexity index is 465. The van der Waals surface area contributed by atoms with Crippen LogP contribution in [-0.4, -0.2) is 17.8 Å². The van der Waals surface area contributed by atoms with Crippen molar-refractivity contribution in [1.82, 2.24) is 4.57 Å². The van der Waals surface area contributed by atoms with Crippen molar-refractivity contribution in [3.63, 3.8) is 0 Å². The van der Waals surface area contributed by atoms with Crippen LogP contribution in [0, 0.1) is 5.82 Å². The molecule has 80 valence electrons. The Balaban J connectivity index is 2.52. The van der Waals surface area contributed by atoms with Crippen molar-refractivity contribution in [2.75, 3.05) is 18.9 Å². The number of anilines is 1. The van der Waals surface area contributed by atoms with Gasteiger partial charge in [0.15, 0.2) is 0 Å². The molecule has 0 spiro atoms. The average Bonchev–Trinajstić information content (AvgIpc) is 2.24. The summed E-state index contributed by atoms with van der Waals surface area (Å²) in [4.78, 5) is 11.6. The molecule has 0 bridgehead atoms. The van der Waals surface area contributed by atoms with Crippen LogP contribution in [-0.2, 0) is 4.74 Å². The second-order valence-electron chi connectivity index (χ2n) is 3.31. The first-order chi connectivity index (χ1) is 7.18. The topological polar surface area (TPSA) is 57.2 Å². The van der Waals surface area contributed by atoms with E-state index in [-0.39, 0.29) is 11.2 Å². The minimum Gasteiger partial charge on any atom is -0.394 e. The highest BCUT2D eigenvalue weighted by Crippen LogP contribution is 2.13. The number of halogens is 1. The maximum absolute atomic E-state index is 13.1. The Morgan fingerprint density at radius 2 is 2.33 bits per heavy atom. The molecule has 1 aromatic heterocycles. The predicted molar refractivity (Wildman–Crippen MR) is 54.8 cm³/mol. The highest BCUT2D eigenvalue weighted by molar-refractivity contribution is 5.49. The number of nitrogens with two attached hydrogens (primary N) is 1. The molecular formula is C10H11FN2O2. The summed E-state index contributed by atoms with van der Waals surface area (Å²) in [6, 6.07) is 1.03. The van der Waals surface area contributed by atoms with Gasteiger partial charge in [-0.25, -0.2) is 4.39 Å².